The molecule has 4 heterocycles. The summed E-state index contributed by atoms with van der Waals surface area (Å²) in [6, 6.07) is 7.33. The monoisotopic (exact) mass is 418 g/mol. The Labute approximate surface area is 179 Å². The van der Waals surface area contributed by atoms with Crippen LogP contribution >= 0.6 is 0 Å². The highest BCUT2D eigenvalue weighted by Crippen LogP contribution is 2.42. The molecule has 1 atom stereocenters. The lowest BCUT2D eigenvalue weighted by atomic mass is 9.84. The smallest absolute Gasteiger partial charge is 0.258 e. The van der Waals surface area contributed by atoms with E-state index in [1.165, 1.54) is 0 Å². The normalized spacial score (nSPS) is 19.3. The van der Waals surface area contributed by atoms with Crippen LogP contribution in [0.15, 0.2) is 41.4 Å². The van der Waals surface area contributed by atoms with E-state index in [9.17, 15) is 15.0 Å². The van der Waals surface area contributed by atoms with Gasteiger partial charge in [-0.2, -0.15) is 0 Å². The number of phenols is 1. The second-order valence-corrected chi connectivity index (χ2v) is 8.60. The van der Waals surface area contributed by atoms with Crippen molar-refractivity contribution >= 4 is 10.9 Å². The number of rotatable bonds is 3. The summed E-state index contributed by atoms with van der Waals surface area (Å²) >= 11 is 0. The second kappa shape index (κ2) is 6.67. The van der Waals surface area contributed by atoms with Gasteiger partial charge in [-0.05, 0) is 44.8 Å². The number of pyridine rings is 2. The van der Waals surface area contributed by atoms with Gasteiger partial charge in [0.05, 0.1) is 29.0 Å². The summed E-state index contributed by atoms with van der Waals surface area (Å²) in [5.41, 5.74) is 3.33. The van der Waals surface area contributed by atoms with E-state index in [1.807, 2.05) is 38.1 Å². The van der Waals surface area contributed by atoms with Gasteiger partial charge in [0.1, 0.15) is 23.7 Å². The van der Waals surface area contributed by atoms with Gasteiger partial charge in [0, 0.05) is 28.6 Å². The van der Waals surface area contributed by atoms with Crippen LogP contribution in [0.2, 0.25) is 0 Å². The molecule has 0 saturated carbocycles. The summed E-state index contributed by atoms with van der Waals surface area (Å²) in [7, 11) is 3.90. The first kappa shape index (κ1) is 19.8. The maximum absolute atomic E-state index is 13.3. The van der Waals surface area contributed by atoms with Crippen LogP contribution in [-0.4, -0.2) is 38.8 Å². The maximum atomic E-state index is 13.3. The van der Waals surface area contributed by atoms with E-state index in [4.69, 9.17) is 9.72 Å². The average molecular weight is 418 g/mol. The van der Waals surface area contributed by atoms with Crippen molar-refractivity contribution < 1.29 is 14.9 Å². The lowest BCUT2D eigenvalue weighted by Crippen LogP contribution is -2.38. The molecule has 0 bridgehead atoms. The van der Waals surface area contributed by atoms with E-state index in [-0.39, 0.29) is 23.7 Å². The van der Waals surface area contributed by atoms with Gasteiger partial charge >= 0.3 is 0 Å². The Hall–Kier alpha value is -3.16. The topological polar surface area (TPSA) is 87.8 Å². The van der Waals surface area contributed by atoms with Crippen LogP contribution in [0.5, 0.6) is 5.75 Å². The molecule has 2 aliphatic heterocycles. The third-order valence-corrected chi connectivity index (χ3v) is 6.42. The van der Waals surface area contributed by atoms with Crippen molar-refractivity contribution in [1.29, 1.82) is 0 Å². The molecule has 5 rings (SSSR count). The molecule has 2 aromatic heterocycles. The first-order valence-corrected chi connectivity index (χ1v) is 10.4. The molecule has 0 spiro atoms. The van der Waals surface area contributed by atoms with Crippen molar-refractivity contribution in [3.05, 3.63) is 69.2 Å². The van der Waals surface area contributed by atoms with Gasteiger partial charge in [-0.15, -0.1) is 0 Å². The zero-order valence-electron chi connectivity index (χ0n) is 17.9. The number of benzene rings is 1. The molecule has 0 saturated heterocycles. The molecule has 1 aromatic carbocycles. The SMILES string of the molecule is C=C1OCc2c(cc3n(c2=O)Cc2cc4c(CN(C)[11CH3])c(O)ccc4nc2-3)[C@@]1(O)CC. The number of aromatic hydroxyl groups is 1. The van der Waals surface area contributed by atoms with Crippen LogP contribution in [-0.2, 0) is 30.0 Å². The quantitative estimate of drug-likeness (QED) is 0.532. The first-order chi connectivity index (χ1) is 14.7. The third-order valence-electron chi connectivity index (χ3n) is 6.42. The van der Waals surface area contributed by atoms with Gasteiger partial charge in [-0.25, -0.2) is 4.98 Å². The molecule has 0 radical (unpaired) electrons. The molecule has 7 nitrogen and oxygen atoms in total. The van der Waals surface area contributed by atoms with Crippen LogP contribution in [0.3, 0.4) is 0 Å². The molecule has 0 amide bonds. The molecule has 0 fully saturated rings. The van der Waals surface area contributed by atoms with Crippen LogP contribution in [0, 0.1) is 0 Å². The Kier molecular flexibility index (Phi) is 4.26. The van der Waals surface area contributed by atoms with Gasteiger partial charge in [0.2, 0.25) is 0 Å². The Balaban J connectivity index is 1.75. The summed E-state index contributed by atoms with van der Waals surface area (Å²) in [6.45, 7) is 6.77. The summed E-state index contributed by atoms with van der Waals surface area (Å²) < 4.78 is 7.24. The van der Waals surface area contributed by atoms with Crippen molar-refractivity contribution in [3.63, 3.8) is 0 Å². The fourth-order valence-corrected chi connectivity index (χ4v) is 4.70. The third kappa shape index (κ3) is 2.73. The van der Waals surface area contributed by atoms with Crippen molar-refractivity contribution in [2.24, 2.45) is 0 Å². The van der Waals surface area contributed by atoms with Gasteiger partial charge in [0.25, 0.3) is 5.56 Å². The minimum atomic E-state index is -1.40. The number of aromatic nitrogens is 2. The standard InChI is InChI=1S/C24H25N3O4/c1-5-24(30)13(2)31-12-17-18(24)9-20-22-14(10-27(20)23(17)29)8-15-16(11-26(3)4)21(28)7-6-19(15)25-22/h6-9,28,30H,2,5,10-12H2,1,3-4H3/t24-/m1/s1/i3-1. The van der Waals surface area contributed by atoms with Crippen LogP contribution in [0.1, 0.15) is 35.6 Å². The Morgan fingerprint density at radius 2 is 2.10 bits per heavy atom. The van der Waals surface area contributed by atoms with Gasteiger partial charge in [0.15, 0.2) is 0 Å². The predicted octanol–water partition coefficient (Wildman–Crippen LogP) is 2.83. The van der Waals surface area contributed by atoms with E-state index in [1.54, 1.807) is 16.7 Å². The van der Waals surface area contributed by atoms with Gasteiger partial charge in [-0.1, -0.05) is 13.5 Å². The van der Waals surface area contributed by atoms with Crippen LogP contribution < -0.4 is 5.56 Å². The van der Waals surface area contributed by atoms with Crippen molar-refractivity contribution in [2.45, 2.75) is 38.6 Å². The highest BCUT2D eigenvalue weighted by molar-refractivity contribution is 5.88. The summed E-state index contributed by atoms with van der Waals surface area (Å²) in [4.78, 5) is 20.2. The van der Waals surface area contributed by atoms with Gasteiger partial charge in [-0.3, -0.25) is 4.79 Å². The molecular weight excluding hydrogens is 393 g/mol. The summed E-state index contributed by atoms with van der Waals surface area (Å²) in [6.07, 6.45) is 0.354. The van der Waals surface area contributed by atoms with Crippen molar-refractivity contribution in [1.82, 2.24) is 14.5 Å². The largest absolute Gasteiger partial charge is 0.508 e. The first-order valence-electron chi connectivity index (χ1n) is 10.4. The predicted molar refractivity (Wildman–Crippen MR) is 118 cm³/mol. The molecule has 7 heteroatoms. The number of phenolic OH excluding ortho intramolecular Hbond substituents is 1. The number of fused-ring (bicyclic) bond motifs is 5. The second-order valence-electron chi connectivity index (χ2n) is 8.60. The minimum Gasteiger partial charge on any atom is -0.508 e. The number of ether oxygens (including phenoxy) is 1. The Morgan fingerprint density at radius 1 is 1.32 bits per heavy atom. The van der Waals surface area contributed by atoms with E-state index < -0.39 is 5.60 Å². The lowest BCUT2D eigenvalue weighted by Gasteiger charge is -2.35. The summed E-state index contributed by atoms with van der Waals surface area (Å²) in [5.74, 6) is 0.495. The fraction of sp³-hybridized carbons (Fsp3) is 0.333. The maximum Gasteiger partial charge on any atom is 0.258 e. The highest BCUT2D eigenvalue weighted by Gasteiger charge is 2.41. The zero-order chi connectivity index (χ0) is 22.1. The van der Waals surface area contributed by atoms with E-state index in [0.717, 1.165) is 27.7 Å². The van der Waals surface area contributed by atoms with Crippen LogP contribution in [0.25, 0.3) is 22.3 Å². The van der Waals surface area contributed by atoms with E-state index in [2.05, 4.69) is 6.58 Å². The number of nitrogens with zero attached hydrogens (tertiary/aromatic N) is 3. The Morgan fingerprint density at radius 3 is 2.81 bits per heavy atom. The van der Waals surface area contributed by atoms with E-state index in [0.29, 0.717) is 36.3 Å². The average Bonchev–Trinajstić information content (AvgIpc) is 3.10. The molecule has 3 aromatic rings. The number of hydrogen-bond acceptors (Lipinski definition) is 6. The highest BCUT2D eigenvalue weighted by atomic mass is 16.5. The molecule has 31 heavy (non-hydrogen) atoms. The van der Waals surface area contributed by atoms with Gasteiger partial charge < -0.3 is 24.4 Å². The van der Waals surface area contributed by atoms with Crippen molar-refractivity contribution in [3.8, 4) is 17.1 Å². The van der Waals surface area contributed by atoms with E-state index >= 15 is 0 Å². The molecule has 160 valence electrons. The molecule has 0 aliphatic carbocycles. The number of aliphatic hydroxyl groups is 1. The van der Waals surface area contributed by atoms with Crippen LogP contribution in [0.4, 0.5) is 0 Å². The Bertz CT molecular complexity index is 1320. The fourth-order valence-electron chi connectivity index (χ4n) is 4.70. The van der Waals surface area contributed by atoms with Crippen molar-refractivity contribution in [2.75, 3.05) is 14.1 Å². The lowest BCUT2D eigenvalue weighted by molar-refractivity contribution is -0.0172. The minimum absolute atomic E-state index is 0.0994. The molecule has 0 unspecified atom stereocenters. The number of hydrogen-bond donors (Lipinski definition) is 2. The molecule has 2 N–H and O–H groups in total. The molecule has 2 aliphatic rings. The zero-order valence-corrected chi connectivity index (χ0v) is 17.9. The summed E-state index contributed by atoms with van der Waals surface area (Å²) in [5, 5.41) is 22.5. The molecular formula is C24H25N3O4.